The predicted octanol–water partition coefficient (Wildman–Crippen LogP) is 2.77. The topological polar surface area (TPSA) is 48.1 Å². The SMILES string of the molecule is CCOCC(=O)NC[C@H](c1ccc(N(C)C)cc1)N1CCN(c2ccccc2)CC1. The molecule has 0 spiro atoms. The second-order valence-corrected chi connectivity index (χ2v) is 7.80. The molecule has 2 aromatic carbocycles. The van der Waals surface area contributed by atoms with Crippen molar-refractivity contribution in [1.29, 1.82) is 0 Å². The molecule has 0 aliphatic carbocycles. The van der Waals surface area contributed by atoms with Crippen molar-refractivity contribution in [2.45, 2.75) is 13.0 Å². The number of nitrogens with zero attached hydrogens (tertiary/aromatic N) is 3. The van der Waals surface area contributed by atoms with Crippen LogP contribution in [0.15, 0.2) is 54.6 Å². The van der Waals surface area contributed by atoms with Crippen molar-refractivity contribution < 1.29 is 9.53 Å². The Balaban J connectivity index is 1.68. The van der Waals surface area contributed by atoms with Gasteiger partial charge in [-0.2, -0.15) is 0 Å². The number of piperazine rings is 1. The number of anilines is 2. The third-order valence-electron chi connectivity index (χ3n) is 5.60. The Hall–Kier alpha value is -2.57. The van der Waals surface area contributed by atoms with Gasteiger partial charge in [0.15, 0.2) is 0 Å². The molecule has 1 atom stereocenters. The van der Waals surface area contributed by atoms with Crippen LogP contribution < -0.4 is 15.1 Å². The summed E-state index contributed by atoms with van der Waals surface area (Å²) in [4.78, 5) is 19.1. The van der Waals surface area contributed by atoms with E-state index in [9.17, 15) is 4.79 Å². The molecule has 6 nitrogen and oxygen atoms in total. The Morgan fingerprint density at radius 1 is 1.03 bits per heavy atom. The highest BCUT2D eigenvalue weighted by atomic mass is 16.5. The van der Waals surface area contributed by atoms with E-state index in [0.717, 1.165) is 26.2 Å². The van der Waals surface area contributed by atoms with E-state index in [4.69, 9.17) is 4.74 Å². The van der Waals surface area contributed by atoms with Gasteiger partial charge in [-0.1, -0.05) is 30.3 Å². The van der Waals surface area contributed by atoms with Crippen molar-refractivity contribution in [2.24, 2.45) is 0 Å². The Bertz CT molecular complexity index is 772. The minimum absolute atomic E-state index is 0.0605. The van der Waals surface area contributed by atoms with E-state index in [1.54, 1.807) is 0 Å². The maximum atomic E-state index is 12.1. The van der Waals surface area contributed by atoms with E-state index in [1.807, 2.05) is 21.0 Å². The van der Waals surface area contributed by atoms with Gasteiger partial charge in [0.1, 0.15) is 6.61 Å². The summed E-state index contributed by atoms with van der Waals surface area (Å²) in [5.41, 5.74) is 3.67. The van der Waals surface area contributed by atoms with Gasteiger partial charge >= 0.3 is 0 Å². The molecule has 3 rings (SSSR count). The third-order valence-corrected chi connectivity index (χ3v) is 5.60. The van der Waals surface area contributed by atoms with Gasteiger partial charge in [0.2, 0.25) is 5.91 Å². The molecule has 2 aromatic rings. The molecule has 1 fully saturated rings. The molecule has 162 valence electrons. The van der Waals surface area contributed by atoms with Gasteiger partial charge in [0.05, 0.1) is 6.04 Å². The predicted molar refractivity (Wildman–Crippen MR) is 123 cm³/mol. The molecule has 6 heteroatoms. The molecule has 0 aromatic heterocycles. The molecular formula is C24H34N4O2. The Morgan fingerprint density at radius 2 is 1.70 bits per heavy atom. The van der Waals surface area contributed by atoms with Gasteiger partial charge in [0.25, 0.3) is 0 Å². The van der Waals surface area contributed by atoms with E-state index < -0.39 is 0 Å². The number of ether oxygens (including phenoxy) is 1. The highest BCUT2D eigenvalue weighted by molar-refractivity contribution is 5.77. The summed E-state index contributed by atoms with van der Waals surface area (Å²) in [5.74, 6) is -0.0605. The summed E-state index contributed by atoms with van der Waals surface area (Å²) >= 11 is 0. The van der Waals surface area contributed by atoms with E-state index in [1.165, 1.54) is 16.9 Å². The van der Waals surface area contributed by atoms with Crippen molar-refractivity contribution in [3.8, 4) is 0 Å². The molecule has 1 N–H and O–H groups in total. The van der Waals surface area contributed by atoms with Gasteiger partial charge in [-0.25, -0.2) is 0 Å². The number of rotatable bonds is 9. The second kappa shape index (κ2) is 11.0. The number of carbonyl (C=O) groups excluding carboxylic acids is 1. The number of hydrogen-bond acceptors (Lipinski definition) is 5. The van der Waals surface area contributed by atoms with E-state index in [-0.39, 0.29) is 18.6 Å². The lowest BCUT2D eigenvalue weighted by Gasteiger charge is -2.40. The minimum Gasteiger partial charge on any atom is -0.378 e. The number of para-hydroxylation sites is 1. The van der Waals surface area contributed by atoms with E-state index >= 15 is 0 Å². The van der Waals surface area contributed by atoms with Crippen molar-refractivity contribution >= 4 is 17.3 Å². The molecule has 0 unspecified atom stereocenters. The van der Waals surface area contributed by atoms with Crippen molar-refractivity contribution in [3.63, 3.8) is 0 Å². The van der Waals surface area contributed by atoms with Gasteiger partial charge in [-0.15, -0.1) is 0 Å². The van der Waals surface area contributed by atoms with Crippen LogP contribution in [-0.2, 0) is 9.53 Å². The average molecular weight is 411 g/mol. The molecule has 0 radical (unpaired) electrons. The third kappa shape index (κ3) is 5.97. The molecule has 1 amide bonds. The lowest BCUT2D eigenvalue weighted by atomic mass is 10.0. The normalized spacial score (nSPS) is 15.6. The minimum atomic E-state index is -0.0605. The number of nitrogens with one attached hydrogen (secondary N) is 1. The van der Waals surface area contributed by atoms with Crippen LogP contribution in [-0.4, -0.2) is 70.8 Å². The highest BCUT2D eigenvalue weighted by Crippen LogP contribution is 2.25. The zero-order valence-corrected chi connectivity index (χ0v) is 18.4. The van der Waals surface area contributed by atoms with Crippen LogP contribution in [0.25, 0.3) is 0 Å². The Kier molecular flexibility index (Phi) is 8.11. The number of amides is 1. The zero-order chi connectivity index (χ0) is 21.3. The van der Waals surface area contributed by atoms with E-state index in [0.29, 0.717) is 13.2 Å². The first-order valence-electron chi connectivity index (χ1n) is 10.7. The smallest absolute Gasteiger partial charge is 0.246 e. The largest absolute Gasteiger partial charge is 0.378 e. The van der Waals surface area contributed by atoms with Crippen molar-refractivity contribution in [3.05, 3.63) is 60.2 Å². The summed E-state index contributed by atoms with van der Waals surface area (Å²) in [6, 6.07) is 19.4. The number of hydrogen-bond donors (Lipinski definition) is 1. The van der Waals surface area contributed by atoms with Crippen LogP contribution in [0.1, 0.15) is 18.5 Å². The molecule has 30 heavy (non-hydrogen) atoms. The molecular weight excluding hydrogens is 376 g/mol. The maximum Gasteiger partial charge on any atom is 0.246 e. The van der Waals surface area contributed by atoms with Crippen LogP contribution >= 0.6 is 0 Å². The molecule has 1 aliphatic heterocycles. The van der Waals surface area contributed by atoms with Gasteiger partial charge in [0, 0.05) is 64.8 Å². The fraction of sp³-hybridized carbons (Fsp3) is 0.458. The standard InChI is InChI=1S/C24H34N4O2/c1-4-30-19-24(29)25-18-23(20-10-12-21(13-11-20)26(2)3)28-16-14-27(15-17-28)22-8-6-5-7-9-22/h5-13,23H,4,14-19H2,1-3H3,(H,25,29)/t23-/m1/s1. The summed E-state index contributed by atoms with van der Waals surface area (Å²) in [5, 5.41) is 3.06. The van der Waals surface area contributed by atoms with E-state index in [2.05, 4.69) is 74.6 Å². The van der Waals surface area contributed by atoms with Crippen molar-refractivity contribution in [1.82, 2.24) is 10.2 Å². The maximum absolute atomic E-state index is 12.1. The first-order valence-corrected chi connectivity index (χ1v) is 10.7. The number of carbonyl (C=O) groups is 1. The van der Waals surface area contributed by atoms with Crippen LogP contribution in [0, 0.1) is 0 Å². The number of benzene rings is 2. The second-order valence-electron chi connectivity index (χ2n) is 7.80. The molecule has 1 aliphatic rings. The quantitative estimate of drug-likeness (QED) is 0.689. The zero-order valence-electron chi connectivity index (χ0n) is 18.4. The first-order chi connectivity index (χ1) is 14.6. The average Bonchev–Trinajstić information content (AvgIpc) is 2.79. The Labute approximate surface area is 180 Å². The summed E-state index contributed by atoms with van der Waals surface area (Å²) in [6.07, 6.45) is 0. The Morgan fingerprint density at radius 3 is 2.30 bits per heavy atom. The van der Waals surface area contributed by atoms with Crippen LogP contribution in [0.4, 0.5) is 11.4 Å². The molecule has 0 saturated carbocycles. The van der Waals surface area contributed by atoms with Crippen LogP contribution in [0.3, 0.4) is 0 Å². The highest BCUT2D eigenvalue weighted by Gasteiger charge is 2.25. The van der Waals surface area contributed by atoms with Crippen LogP contribution in [0.2, 0.25) is 0 Å². The monoisotopic (exact) mass is 410 g/mol. The molecule has 0 bridgehead atoms. The summed E-state index contributed by atoms with van der Waals surface area (Å²) < 4.78 is 5.25. The first kappa shape index (κ1) is 22.1. The lowest BCUT2D eigenvalue weighted by molar-refractivity contribution is -0.125. The fourth-order valence-corrected chi connectivity index (χ4v) is 3.84. The lowest BCUT2D eigenvalue weighted by Crippen LogP contribution is -2.50. The van der Waals surface area contributed by atoms with Crippen molar-refractivity contribution in [2.75, 3.05) is 69.8 Å². The van der Waals surface area contributed by atoms with Gasteiger partial charge in [-0.3, -0.25) is 9.69 Å². The summed E-state index contributed by atoms with van der Waals surface area (Å²) in [6.45, 7) is 7.00. The fourth-order valence-electron chi connectivity index (χ4n) is 3.84. The molecule has 1 saturated heterocycles. The summed E-state index contributed by atoms with van der Waals surface area (Å²) in [7, 11) is 4.09. The van der Waals surface area contributed by atoms with Crippen LogP contribution in [0.5, 0.6) is 0 Å². The molecule has 1 heterocycles. The van der Waals surface area contributed by atoms with Gasteiger partial charge < -0.3 is 19.9 Å². The van der Waals surface area contributed by atoms with Gasteiger partial charge in [-0.05, 0) is 36.8 Å².